The molecule has 0 amide bonds. The van der Waals surface area contributed by atoms with Crippen LogP contribution in [0, 0.1) is 10.1 Å². The van der Waals surface area contributed by atoms with Crippen LogP contribution in [0.4, 0.5) is 22.7 Å². The van der Waals surface area contributed by atoms with Crippen LogP contribution in [0.1, 0.15) is 0 Å². The van der Waals surface area contributed by atoms with Gasteiger partial charge in [-0.15, -0.1) is 10.2 Å². The lowest BCUT2D eigenvalue weighted by Gasteiger charge is -2.09. The number of nitrogen functional groups attached to an aromatic ring is 1. The molecule has 0 aliphatic carbocycles. The maximum Gasteiger partial charge on any atom is 0.295 e. The summed E-state index contributed by atoms with van der Waals surface area (Å²) in [6.45, 7) is -0.453. The van der Waals surface area contributed by atoms with Crippen molar-refractivity contribution < 1.29 is 22.6 Å². The lowest BCUT2D eigenvalue weighted by Crippen LogP contribution is -2.01. The van der Waals surface area contributed by atoms with Gasteiger partial charge in [-0.25, -0.2) is 0 Å². The van der Waals surface area contributed by atoms with Gasteiger partial charge in [0.25, 0.3) is 15.8 Å². The summed E-state index contributed by atoms with van der Waals surface area (Å²) in [5.41, 5.74) is 14.2. The number of anilines is 1. The molecule has 3 rings (SSSR count). The van der Waals surface area contributed by atoms with Crippen molar-refractivity contribution in [1.29, 1.82) is 0 Å². The number of azide groups is 1. The quantitative estimate of drug-likeness (QED) is 0.100. The molecule has 14 heteroatoms. The molecule has 0 saturated carbocycles. The van der Waals surface area contributed by atoms with Gasteiger partial charge in [-0.3, -0.25) is 14.7 Å². The van der Waals surface area contributed by atoms with Crippen LogP contribution >= 0.6 is 0 Å². The zero-order valence-corrected chi connectivity index (χ0v) is 16.3. The molecule has 0 aliphatic rings. The maximum atomic E-state index is 11.8. The molecular formula is C17H13N7O6S. The van der Waals surface area contributed by atoms with E-state index in [-0.39, 0.29) is 33.9 Å². The fraction of sp³-hybridized carbons (Fsp3) is 0.0588. The van der Waals surface area contributed by atoms with Gasteiger partial charge in [0, 0.05) is 21.8 Å². The minimum absolute atomic E-state index is 0.0275. The number of hydrogen-bond donors (Lipinski definition) is 2. The molecular weight excluding hydrogens is 430 g/mol. The average molecular weight is 443 g/mol. The van der Waals surface area contributed by atoms with Crippen LogP contribution in [0.3, 0.4) is 0 Å². The van der Waals surface area contributed by atoms with E-state index in [9.17, 15) is 23.1 Å². The molecule has 0 atom stereocenters. The Morgan fingerprint density at radius 2 is 1.81 bits per heavy atom. The Kier molecular flexibility index (Phi) is 5.97. The molecule has 0 radical (unpaired) electrons. The monoisotopic (exact) mass is 443 g/mol. The standard InChI is InChI=1S/C17H13N7O6S/c18-17-12-4-2-1-3-11(12)16(31(27,28)29)8-14(17)22-21-13-6-5-10(24(25)26)7-15(13)30-9-20-23-19/h1-8H,9,18H2,(H,27,28,29)/b22-21+. The molecule has 3 aromatic rings. The number of rotatable bonds is 7. The van der Waals surface area contributed by atoms with Crippen LogP contribution in [0.5, 0.6) is 5.75 Å². The van der Waals surface area contributed by atoms with Crippen LogP contribution in [0.15, 0.2) is 68.8 Å². The molecule has 0 heterocycles. The minimum Gasteiger partial charge on any atom is -0.485 e. The summed E-state index contributed by atoms with van der Waals surface area (Å²) in [6.07, 6.45) is 0. The van der Waals surface area contributed by atoms with Crippen molar-refractivity contribution in [3.8, 4) is 5.75 Å². The van der Waals surface area contributed by atoms with E-state index in [0.29, 0.717) is 5.39 Å². The number of nitrogens with zero attached hydrogens (tertiary/aromatic N) is 6. The summed E-state index contributed by atoms with van der Waals surface area (Å²) in [5, 5.41) is 22.6. The second kappa shape index (κ2) is 8.62. The highest BCUT2D eigenvalue weighted by molar-refractivity contribution is 7.86. The molecule has 0 saturated heterocycles. The number of hydrogen-bond acceptors (Lipinski definition) is 9. The lowest BCUT2D eigenvalue weighted by atomic mass is 10.1. The molecule has 0 spiro atoms. The number of nitrogens with two attached hydrogens (primary N) is 1. The molecule has 3 aromatic carbocycles. The van der Waals surface area contributed by atoms with Crippen molar-refractivity contribution in [3.05, 3.63) is 69.1 Å². The Morgan fingerprint density at radius 3 is 2.45 bits per heavy atom. The Hall–Kier alpha value is -4.26. The van der Waals surface area contributed by atoms with Crippen molar-refractivity contribution in [3.63, 3.8) is 0 Å². The van der Waals surface area contributed by atoms with Gasteiger partial charge in [0.15, 0.2) is 12.5 Å². The van der Waals surface area contributed by atoms with E-state index in [1.54, 1.807) is 18.2 Å². The number of ether oxygens (including phenoxy) is 1. The normalized spacial score (nSPS) is 11.4. The Bertz CT molecular complexity index is 1370. The molecule has 0 bridgehead atoms. The highest BCUT2D eigenvalue weighted by atomic mass is 32.2. The van der Waals surface area contributed by atoms with E-state index in [4.69, 9.17) is 16.0 Å². The summed E-state index contributed by atoms with van der Waals surface area (Å²) in [6, 6.07) is 10.8. The Labute approximate surface area is 174 Å². The predicted molar refractivity (Wildman–Crippen MR) is 110 cm³/mol. The summed E-state index contributed by atoms with van der Waals surface area (Å²) in [5.74, 6) is -0.0975. The zero-order chi connectivity index (χ0) is 22.6. The van der Waals surface area contributed by atoms with Gasteiger partial charge < -0.3 is 10.5 Å². The van der Waals surface area contributed by atoms with Crippen LogP contribution in [-0.4, -0.2) is 24.6 Å². The van der Waals surface area contributed by atoms with E-state index in [2.05, 4.69) is 20.3 Å². The van der Waals surface area contributed by atoms with E-state index >= 15 is 0 Å². The lowest BCUT2D eigenvalue weighted by molar-refractivity contribution is -0.384. The van der Waals surface area contributed by atoms with Gasteiger partial charge in [-0.05, 0) is 17.7 Å². The first-order chi connectivity index (χ1) is 14.7. The van der Waals surface area contributed by atoms with Gasteiger partial charge in [-0.1, -0.05) is 29.4 Å². The highest BCUT2D eigenvalue weighted by Crippen LogP contribution is 2.38. The fourth-order valence-corrected chi connectivity index (χ4v) is 3.41. The van der Waals surface area contributed by atoms with Crippen molar-refractivity contribution in [2.24, 2.45) is 15.3 Å². The topological polar surface area (TPSA) is 206 Å². The Morgan fingerprint density at radius 1 is 1.13 bits per heavy atom. The van der Waals surface area contributed by atoms with Gasteiger partial charge in [0.1, 0.15) is 16.3 Å². The summed E-state index contributed by atoms with van der Waals surface area (Å²) in [4.78, 5) is 12.5. The second-order valence-electron chi connectivity index (χ2n) is 5.94. The average Bonchev–Trinajstić information content (AvgIpc) is 2.73. The van der Waals surface area contributed by atoms with Gasteiger partial charge in [0.2, 0.25) is 0 Å². The summed E-state index contributed by atoms with van der Waals surface area (Å²) >= 11 is 0. The minimum atomic E-state index is -4.59. The SMILES string of the molecule is [N-]=[N+]=NCOc1cc([N+](=O)[O-])ccc1/N=N/c1cc(S(=O)(=O)O)c2ccccc2c1N. The van der Waals surface area contributed by atoms with Gasteiger partial charge in [0.05, 0.1) is 16.7 Å². The van der Waals surface area contributed by atoms with Crippen molar-refractivity contribution in [2.45, 2.75) is 4.90 Å². The van der Waals surface area contributed by atoms with Crippen molar-refractivity contribution in [2.75, 3.05) is 12.5 Å². The smallest absolute Gasteiger partial charge is 0.295 e. The van der Waals surface area contributed by atoms with Crippen LogP contribution in [-0.2, 0) is 10.1 Å². The molecule has 158 valence electrons. The number of benzene rings is 3. The second-order valence-corrected chi connectivity index (χ2v) is 7.33. The van der Waals surface area contributed by atoms with Crippen molar-refractivity contribution >= 4 is 43.6 Å². The first-order valence-corrected chi connectivity index (χ1v) is 9.79. The van der Waals surface area contributed by atoms with Gasteiger partial charge in [-0.2, -0.15) is 8.42 Å². The summed E-state index contributed by atoms with van der Waals surface area (Å²) < 4.78 is 38.4. The van der Waals surface area contributed by atoms with E-state index in [1.807, 2.05) is 0 Å². The third-order valence-electron chi connectivity index (χ3n) is 4.07. The molecule has 31 heavy (non-hydrogen) atoms. The number of azo groups is 1. The summed E-state index contributed by atoms with van der Waals surface area (Å²) in [7, 11) is -4.59. The van der Waals surface area contributed by atoms with E-state index in [0.717, 1.165) is 18.2 Å². The molecule has 0 unspecified atom stereocenters. The zero-order valence-electron chi connectivity index (χ0n) is 15.5. The van der Waals surface area contributed by atoms with Crippen molar-refractivity contribution in [1.82, 2.24) is 0 Å². The molecule has 0 aliphatic heterocycles. The third-order valence-corrected chi connectivity index (χ3v) is 4.96. The maximum absolute atomic E-state index is 11.8. The largest absolute Gasteiger partial charge is 0.485 e. The van der Waals surface area contributed by atoms with E-state index in [1.165, 1.54) is 12.1 Å². The van der Waals surface area contributed by atoms with Crippen LogP contribution in [0.25, 0.3) is 21.2 Å². The number of nitro benzene ring substituents is 1. The highest BCUT2D eigenvalue weighted by Gasteiger charge is 2.19. The first-order valence-electron chi connectivity index (χ1n) is 8.35. The number of nitro groups is 1. The fourth-order valence-electron chi connectivity index (χ4n) is 2.69. The Balaban J connectivity index is 2.12. The molecule has 3 N–H and O–H groups in total. The van der Waals surface area contributed by atoms with Crippen LogP contribution in [0.2, 0.25) is 0 Å². The molecule has 0 fully saturated rings. The molecule has 0 aromatic heterocycles. The van der Waals surface area contributed by atoms with Gasteiger partial charge >= 0.3 is 0 Å². The number of fused-ring (bicyclic) bond motifs is 1. The molecule has 13 nitrogen and oxygen atoms in total. The first kappa shape index (κ1) is 21.4. The van der Waals surface area contributed by atoms with E-state index < -0.39 is 26.7 Å². The predicted octanol–water partition coefficient (Wildman–Crippen LogP) is 4.64. The van der Waals surface area contributed by atoms with Crippen LogP contribution < -0.4 is 10.5 Å². The third kappa shape index (κ3) is 4.67. The number of non-ortho nitro benzene ring substituents is 1.